The number of allylic oxidation sites excluding steroid dienone is 1. The van der Waals surface area contributed by atoms with E-state index in [1.54, 1.807) is 0 Å². The van der Waals surface area contributed by atoms with E-state index in [1.807, 2.05) is 6.92 Å². The van der Waals surface area contributed by atoms with Crippen molar-refractivity contribution in [1.29, 1.82) is 0 Å². The molecule has 3 rings (SSSR count). The van der Waals surface area contributed by atoms with Crippen molar-refractivity contribution in [3.63, 3.8) is 0 Å². The molecule has 0 saturated heterocycles. The fourth-order valence-electron chi connectivity index (χ4n) is 6.91. The maximum absolute atomic E-state index is 13.4. The first kappa shape index (κ1) is 22.5. The first-order chi connectivity index (χ1) is 14.0. The Balaban J connectivity index is 2.08. The van der Waals surface area contributed by atoms with E-state index in [1.165, 1.54) is 19.9 Å². The Morgan fingerprint density at radius 2 is 2.00 bits per heavy atom. The van der Waals surface area contributed by atoms with Crippen LogP contribution in [0.25, 0.3) is 0 Å². The summed E-state index contributed by atoms with van der Waals surface area (Å²) in [6, 6.07) is 0. The predicted molar refractivity (Wildman–Crippen MR) is 108 cm³/mol. The van der Waals surface area contributed by atoms with Gasteiger partial charge >= 0.3 is 17.9 Å². The molecule has 3 aliphatic rings. The number of carbonyl (C=O) groups is 3. The van der Waals surface area contributed by atoms with Gasteiger partial charge in [0.2, 0.25) is 6.79 Å². The molecule has 0 heterocycles. The minimum atomic E-state index is -1.61. The van der Waals surface area contributed by atoms with Crippen molar-refractivity contribution >= 4 is 17.9 Å². The van der Waals surface area contributed by atoms with Gasteiger partial charge in [-0.1, -0.05) is 25.2 Å². The highest BCUT2D eigenvalue weighted by Crippen LogP contribution is 2.71. The van der Waals surface area contributed by atoms with Crippen LogP contribution in [0.15, 0.2) is 24.8 Å². The molecule has 0 aromatic heterocycles. The van der Waals surface area contributed by atoms with E-state index in [9.17, 15) is 24.6 Å². The Bertz CT molecular complexity index is 774. The summed E-state index contributed by atoms with van der Waals surface area (Å²) in [5, 5.41) is 20.9. The zero-order chi connectivity index (χ0) is 22.4. The number of hydrogen-bond donors (Lipinski definition) is 2. The summed E-state index contributed by atoms with van der Waals surface area (Å²) < 4.78 is 10.1. The molecule has 3 unspecified atom stereocenters. The molecule has 3 aliphatic carbocycles. The van der Waals surface area contributed by atoms with Crippen molar-refractivity contribution in [3.8, 4) is 0 Å². The van der Waals surface area contributed by atoms with Crippen LogP contribution in [0.3, 0.4) is 0 Å². The molecule has 0 amide bonds. The minimum Gasteiger partial charge on any atom is -0.481 e. The second-order valence-corrected chi connectivity index (χ2v) is 9.50. The van der Waals surface area contributed by atoms with Crippen molar-refractivity contribution in [1.82, 2.24) is 0 Å². The van der Waals surface area contributed by atoms with Gasteiger partial charge in [0.1, 0.15) is 0 Å². The first-order valence-corrected chi connectivity index (χ1v) is 10.5. The van der Waals surface area contributed by atoms with Crippen LogP contribution in [0.2, 0.25) is 0 Å². The molecule has 2 N–H and O–H groups in total. The highest BCUT2D eigenvalue weighted by atomic mass is 16.7. The topological polar surface area (TPSA) is 110 Å². The zero-order valence-corrected chi connectivity index (χ0v) is 17.9. The second kappa shape index (κ2) is 7.84. The van der Waals surface area contributed by atoms with Crippen LogP contribution >= 0.6 is 0 Å². The number of esters is 2. The largest absolute Gasteiger partial charge is 0.481 e. The number of carboxylic acid groups (broad SMARTS) is 1. The standard InChI is InChI=1S/C23H32O7/c1-6-17(25)22(5,21(27)28)18-13(3)16-8-7-15-10-23(16,9-12(15)2)19(18)20(26)30-11-29-14(4)24/h6,13,15-19,25H,1-2,7-11H2,3-5H3,(H,27,28)/t13?,15?,16-,17-,18?,19+,22+,23-/m0/s1. The number of rotatable bonds is 7. The molecule has 2 bridgehead atoms. The van der Waals surface area contributed by atoms with Crippen LogP contribution in [0.5, 0.6) is 0 Å². The quantitative estimate of drug-likeness (QED) is 0.370. The number of ether oxygens (including phenoxy) is 2. The molecule has 7 heteroatoms. The van der Waals surface area contributed by atoms with Crippen LogP contribution in [-0.4, -0.2) is 41.0 Å². The SMILES string of the molecule is C=C[C@H](O)[C@@](C)(C(=O)O)C1C(C)[C@@H]2CCC3C[C@]2(CC3=C)[C@H]1C(=O)OCOC(C)=O. The molecule has 30 heavy (non-hydrogen) atoms. The van der Waals surface area contributed by atoms with Crippen molar-refractivity contribution in [2.24, 2.45) is 40.4 Å². The van der Waals surface area contributed by atoms with Crippen LogP contribution in [0, 0.1) is 40.4 Å². The molecule has 3 saturated carbocycles. The average Bonchev–Trinajstić information content (AvgIpc) is 3.08. The molecule has 0 aromatic rings. The number of aliphatic carboxylic acids is 1. The lowest BCUT2D eigenvalue weighted by Gasteiger charge is -2.42. The Hall–Kier alpha value is -2.15. The minimum absolute atomic E-state index is 0.125. The van der Waals surface area contributed by atoms with E-state index in [0.717, 1.165) is 24.8 Å². The first-order valence-electron chi connectivity index (χ1n) is 10.5. The third-order valence-electron chi connectivity index (χ3n) is 8.21. The van der Waals surface area contributed by atoms with E-state index in [4.69, 9.17) is 9.47 Å². The summed E-state index contributed by atoms with van der Waals surface area (Å²) in [5.41, 5.74) is -0.961. The molecule has 7 nitrogen and oxygen atoms in total. The van der Waals surface area contributed by atoms with Gasteiger partial charge in [-0.2, -0.15) is 0 Å². The summed E-state index contributed by atoms with van der Waals surface area (Å²) in [5.74, 6) is -3.41. The van der Waals surface area contributed by atoms with Crippen molar-refractivity contribution in [2.75, 3.05) is 6.79 Å². The summed E-state index contributed by atoms with van der Waals surface area (Å²) >= 11 is 0. The fourth-order valence-corrected chi connectivity index (χ4v) is 6.91. The summed E-state index contributed by atoms with van der Waals surface area (Å²) in [7, 11) is 0. The lowest BCUT2D eigenvalue weighted by molar-refractivity contribution is -0.178. The molecule has 3 fully saturated rings. The van der Waals surface area contributed by atoms with Crippen molar-refractivity contribution in [3.05, 3.63) is 24.8 Å². The fraction of sp³-hybridized carbons (Fsp3) is 0.696. The van der Waals surface area contributed by atoms with E-state index in [0.29, 0.717) is 12.3 Å². The van der Waals surface area contributed by atoms with Crippen LogP contribution < -0.4 is 0 Å². The lowest BCUT2D eigenvalue weighted by atomic mass is 9.61. The molecule has 0 aromatic carbocycles. The van der Waals surface area contributed by atoms with Crippen molar-refractivity contribution in [2.45, 2.75) is 52.6 Å². The van der Waals surface area contributed by atoms with Crippen molar-refractivity contribution < 1.29 is 34.1 Å². The maximum atomic E-state index is 13.4. The van der Waals surface area contributed by atoms with Gasteiger partial charge in [-0.05, 0) is 61.7 Å². The van der Waals surface area contributed by atoms with Gasteiger partial charge in [0, 0.05) is 6.92 Å². The van der Waals surface area contributed by atoms with E-state index in [-0.39, 0.29) is 11.8 Å². The molecule has 1 spiro atoms. The molecule has 166 valence electrons. The zero-order valence-electron chi connectivity index (χ0n) is 17.9. The monoisotopic (exact) mass is 420 g/mol. The average molecular weight is 421 g/mol. The van der Waals surface area contributed by atoms with E-state index < -0.39 is 53.5 Å². The summed E-state index contributed by atoms with van der Waals surface area (Å²) in [6.07, 6.45) is 3.17. The van der Waals surface area contributed by atoms with Crippen LogP contribution in [0.1, 0.15) is 46.5 Å². The Kier molecular flexibility index (Phi) is 5.89. The number of aliphatic hydroxyl groups excluding tert-OH is 1. The van der Waals surface area contributed by atoms with Gasteiger partial charge in [-0.15, -0.1) is 6.58 Å². The molecular formula is C23H32O7. The molecule has 0 radical (unpaired) electrons. The number of fused-ring (bicyclic) bond motifs is 1. The van der Waals surface area contributed by atoms with Gasteiger partial charge in [-0.3, -0.25) is 14.4 Å². The third-order valence-corrected chi connectivity index (χ3v) is 8.21. The normalized spacial score (nSPS) is 37.6. The molecule has 0 aliphatic heterocycles. The summed E-state index contributed by atoms with van der Waals surface area (Å²) in [4.78, 5) is 36.9. The van der Waals surface area contributed by atoms with Gasteiger partial charge in [0.25, 0.3) is 0 Å². The maximum Gasteiger partial charge on any atom is 0.312 e. The van der Waals surface area contributed by atoms with Gasteiger partial charge in [0.05, 0.1) is 17.4 Å². The van der Waals surface area contributed by atoms with Gasteiger partial charge in [-0.25, -0.2) is 0 Å². The van der Waals surface area contributed by atoms with E-state index in [2.05, 4.69) is 13.2 Å². The molecule has 8 atom stereocenters. The van der Waals surface area contributed by atoms with Crippen LogP contribution in [0.4, 0.5) is 0 Å². The number of hydrogen-bond acceptors (Lipinski definition) is 6. The smallest absolute Gasteiger partial charge is 0.312 e. The number of aliphatic hydroxyl groups is 1. The van der Waals surface area contributed by atoms with E-state index >= 15 is 0 Å². The highest BCUT2D eigenvalue weighted by molar-refractivity contribution is 5.80. The number of carbonyl (C=O) groups excluding carboxylic acids is 2. The second-order valence-electron chi connectivity index (χ2n) is 9.50. The number of carboxylic acids is 1. The Morgan fingerprint density at radius 3 is 2.57 bits per heavy atom. The Labute approximate surface area is 177 Å². The lowest BCUT2D eigenvalue weighted by Crippen LogP contribution is -2.51. The summed E-state index contributed by atoms with van der Waals surface area (Å²) in [6.45, 7) is 12.0. The third kappa shape index (κ3) is 3.18. The predicted octanol–water partition coefficient (Wildman–Crippen LogP) is 2.93. The highest BCUT2D eigenvalue weighted by Gasteiger charge is 2.70. The van der Waals surface area contributed by atoms with Gasteiger partial charge < -0.3 is 19.7 Å². The molecular weight excluding hydrogens is 388 g/mol. The van der Waals surface area contributed by atoms with Gasteiger partial charge in [0.15, 0.2) is 0 Å². The Morgan fingerprint density at radius 1 is 1.33 bits per heavy atom. The van der Waals surface area contributed by atoms with Crippen LogP contribution in [-0.2, 0) is 23.9 Å².